The average molecular weight is 310 g/mol. The third-order valence-corrected chi connectivity index (χ3v) is 6.00. The standard InChI is InChI=1S/C14H18N2O2S2/c1-11-4-6-12(7-5-11)16(3)20(17,18)14-8-9-19-13(14)10-15-2/h4-9,15H,10H2,1-3H3. The Morgan fingerprint density at radius 2 is 1.85 bits per heavy atom. The van der Waals surface area contributed by atoms with E-state index < -0.39 is 10.0 Å². The smallest absolute Gasteiger partial charge is 0.265 e. The van der Waals surface area contributed by atoms with Gasteiger partial charge in [-0.15, -0.1) is 11.3 Å². The first kappa shape index (κ1) is 15.0. The van der Waals surface area contributed by atoms with Gasteiger partial charge in [0.15, 0.2) is 0 Å². The van der Waals surface area contributed by atoms with Gasteiger partial charge in [0, 0.05) is 18.5 Å². The van der Waals surface area contributed by atoms with Crippen LogP contribution in [-0.2, 0) is 16.6 Å². The minimum Gasteiger partial charge on any atom is -0.315 e. The monoisotopic (exact) mass is 310 g/mol. The summed E-state index contributed by atoms with van der Waals surface area (Å²) in [6, 6.07) is 9.11. The van der Waals surface area contributed by atoms with Gasteiger partial charge in [0.05, 0.1) is 5.69 Å². The molecule has 0 saturated heterocycles. The van der Waals surface area contributed by atoms with E-state index in [1.54, 1.807) is 20.2 Å². The highest BCUT2D eigenvalue weighted by Crippen LogP contribution is 2.27. The Labute approximate surface area is 124 Å². The van der Waals surface area contributed by atoms with E-state index in [1.165, 1.54) is 15.6 Å². The highest BCUT2D eigenvalue weighted by Gasteiger charge is 2.24. The van der Waals surface area contributed by atoms with Gasteiger partial charge in [0.25, 0.3) is 10.0 Å². The van der Waals surface area contributed by atoms with Crippen molar-refractivity contribution in [2.24, 2.45) is 0 Å². The third-order valence-electron chi connectivity index (χ3n) is 3.08. The van der Waals surface area contributed by atoms with Crippen molar-refractivity contribution in [2.75, 3.05) is 18.4 Å². The van der Waals surface area contributed by atoms with Crippen molar-refractivity contribution in [2.45, 2.75) is 18.4 Å². The van der Waals surface area contributed by atoms with Crippen LogP contribution in [0.1, 0.15) is 10.4 Å². The number of anilines is 1. The Hall–Kier alpha value is -1.37. The fourth-order valence-electron chi connectivity index (χ4n) is 1.89. The van der Waals surface area contributed by atoms with Gasteiger partial charge in [0.1, 0.15) is 4.90 Å². The van der Waals surface area contributed by atoms with Crippen LogP contribution < -0.4 is 9.62 Å². The first-order valence-corrected chi connectivity index (χ1v) is 8.55. The van der Waals surface area contributed by atoms with Crippen molar-refractivity contribution in [3.05, 3.63) is 46.2 Å². The quantitative estimate of drug-likeness (QED) is 0.923. The number of sulfonamides is 1. The van der Waals surface area contributed by atoms with Crippen molar-refractivity contribution in [1.82, 2.24) is 5.32 Å². The minimum absolute atomic E-state index is 0.375. The Kier molecular flexibility index (Phi) is 4.47. The fourth-order valence-corrected chi connectivity index (χ4v) is 4.51. The first-order chi connectivity index (χ1) is 9.46. The number of nitrogens with one attached hydrogen (secondary N) is 1. The molecule has 0 bridgehead atoms. The van der Waals surface area contributed by atoms with Gasteiger partial charge in [-0.1, -0.05) is 17.7 Å². The summed E-state index contributed by atoms with van der Waals surface area (Å²) >= 11 is 1.45. The van der Waals surface area contributed by atoms with E-state index in [9.17, 15) is 8.42 Å². The molecular weight excluding hydrogens is 292 g/mol. The second kappa shape index (κ2) is 5.95. The molecule has 6 heteroatoms. The molecule has 0 aliphatic carbocycles. The zero-order valence-electron chi connectivity index (χ0n) is 11.8. The highest BCUT2D eigenvalue weighted by molar-refractivity contribution is 7.93. The molecule has 0 fully saturated rings. The van der Waals surface area contributed by atoms with E-state index >= 15 is 0 Å². The molecule has 1 aromatic heterocycles. The lowest BCUT2D eigenvalue weighted by Gasteiger charge is -2.20. The maximum atomic E-state index is 12.7. The Balaban J connectivity index is 2.38. The van der Waals surface area contributed by atoms with Crippen molar-refractivity contribution in [1.29, 1.82) is 0 Å². The number of nitrogens with zero attached hydrogens (tertiary/aromatic N) is 1. The summed E-state index contributed by atoms with van der Waals surface area (Å²) in [7, 11) is -0.121. The molecule has 0 unspecified atom stereocenters. The summed E-state index contributed by atoms with van der Waals surface area (Å²) in [5, 5.41) is 4.80. The largest absolute Gasteiger partial charge is 0.315 e. The summed E-state index contributed by atoms with van der Waals surface area (Å²) in [5.74, 6) is 0. The van der Waals surface area contributed by atoms with E-state index in [4.69, 9.17) is 0 Å². The number of rotatable bonds is 5. The molecule has 0 radical (unpaired) electrons. The molecule has 108 valence electrons. The molecular formula is C14H18N2O2S2. The zero-order chi connectivity index (χ0) is 14.8. The molecule has 2 rings (SSSR count). The predicted molar refractivity (Wildman–Crippen MR) is 83.9 cm³/mol. The fraction of sp³-hybridized carbons (Fsp3) is 0.286. The van der Waals surface area contributed by atoms with Crippen LogP contribution in [0.2, 0.25) is 0 Å². The van der Waals surface area contributed by atoms with Gasteiger partial charge in [0.2, 0.25) is 0 Å². The van der Waals surface area contributed by atoms with Crippen molar-refractivity contribution >= 4 is 27.0 Å². The molecule has 1 aromatic carbocycles. The highest BCUT2D eigenvalue weighted by atomic mass is 32.2. The van der Waals surface area contributed by atoms with E-state index in [0.29, 0.717) is 17.1 Å². The van der Waals surface area contributed by atoms with Gasteiger partial charge in [-0.05, 0) is 37.6 Å². The predicted octanol–water partition coefficient (Wildman–Crippen LogP) is 2.60. The Bertz CT molecular complexity index is 675. The average Bonchev–Trinajstić information content (AvgIpc) is 2.88. The van der Waals surface area contributed by atoms with Crippen LogP contribution in [0.5, 0.6) is 0 Å². The number of thiophene rings is 1. The van der Waals surface area contributed by atoms with Gasteiger partial charge in [-0.2, -0.15) is 0 Å². The minimum atomic E-state index is -3.51. The summed E-state index contributed by atoms with van der Waals surface area (Å²) < 4.78 is 26.7. The van der Waals surface area contributed by atoms with Crippen LogP contribution in [0.25, 0.3) is 0 Å². The summed E-state index contributed by atoms with van der Waals surface area (Å²) in [5.41, 5.74) is 1.77. The van der Waals surface area contributed by atoms with Crippen molar-refractivity contribution < 1.29 is 8.42 Å². The van der Waals surface area contributed by atoms with Gasteiger partial charge < -0.3 is 5.32 Å². The summed E-state index contributed by atoms with van der Waals surface area (Å²) in [6.07, 6.45) is 0. The second-order valence-corrected chi connectivity index (χ2v) is 7.48. The Morgan fingerprint density at radius 3 is 2.45 bits per heavy atom. The normalized spacial score (nSPS) is 11.6. The van der Waals surface area contributed by atoms with Gasteiger partial charge in [-0.3, -0.25) is 4.31 Å². The summed E-state index contributed by atoms with van der Waals surface area (Å²) in [6.45, 7) is 2.52. The molecule has 2 aromatic rings. The Morgan fingerprint density at radius 1 is 1.20 bits per heavy atom. The van der Waals surface area contributed by atoms with Gasteiger partial charge in [-0.25, -0.2) is 8.42 Å². The zero-order valence-corrected chi connectivity index (χ0v) is 13.4. The number of hydrogen-bond donors (Lipinski definition) is 1. The topological polar surface area (TPSA) is 49.4 Å². The van der Waals surface area contributed by atoms with Crippen molar-refractivity contribution in [3.63, 3.8) is 0 Å². The van der Waals surface area contributed by atoms with Crippen LogP contribution in [-0.4, -0.2) is 22.5 Å². The lowest BCUT2D eigenvalue weighted by molar-refractivity contribution is 0.593. The molecule has 1 heterocycles. The molecule has 0 atom stereocenters. The molecule has 4 nitrogen and oxygen atoms in total. The van der Waals surface area contributed by atoms with Crippen LogP contribution in [0, 0.1) is 6.92 Å². The number of hydrogen-bond acceptors (Lipinski definition) is 4. The first-order valence-electron chi connectivity index (χ1n) is 6.23. The van der Waals surface area contributed by atoms with Gasteiger partial charge >= 0.3 is 0 Å². The van der Waals surface area contributed by atoms with Crippen LogP contribution in [0.15, 0.2) is 40.6 Å². The van der Waals surface area contributed by atoms with E-state index in [0.717, 1.165) is 10.4 Å². The second-order valence-electron chi connectivity index (χ2n) is 4.55. The maximum absolute atomic E-state index is 12.7. The number of benzene rings is 1. The molecule has 0 amide bonds. The molecule has 1 N–H and O–H groups in total. The lowest BCUT2D eigenvalue weighted by Crippen LogP contribution is -2.27. The molecule has 0 aliphatic heterocycles. The van der Waals surface area contributed by atoms with E-state index in [-0.39, 0.29) is 0 Å². The number of aryl methyl sites for hydroxylation is 1. The van der Waals surface area contributed by atoms with E-state index in [2.05, 4.69) is 5.32 Å². The van der Waals surface area contributed by atoms with Crippen molar-refractivity contribution in [3.8, 4) is 0 Å². The van der Waals surface area contributed by atoms with Crippen LogP contribution >= 0.6 is 11.3 Å². The third kappa shape index (κ3) is 2.87. The SMILES string of the molecule is CNCc1sccc1S(=O)(=O)N(C)c1ccc(C)cc1. The molecule has 0 saturated carbocycles. The lowest BCUT2D eigenvalue weighted by atomic mass is 10.2. The van der Waals surface area contributed by atoms with E-state index in [1.807, 2.05) is 36.6 Å². The maximum Gasteiger partial charge on any atom is 0.265 e. The molecule has 0 aliphatic rings. The summed E-state index contributed by atoms with van der Waals surface area (Å²) in [4.78, 5) is 1.20. The molecule has 20 heavy (non-hydrogen) atoms. The molecule has 0 spiro atoms. The van der Waals surface area contributed by atoms with Crippen LogP contribution in [0.4, 0.5) is 5.69 Å². The van der Waals surface area contributed by atoms with Crippen LogP contribution in [0.3, 0.4) is 0 Å².